The van der Waals surface area contributed by atoms with Gasteiger partial charge in [-0.3, -0.25) is 4.79 Å². The maximum Gasteiger partial charge on any atom is 0.262 e. The van der Waals surface area contributed by atoms with Gasteiger partial charge in [-0.1, -0.05) is 30.2 Å². The van der Waals surface area contributed by atoms with Crippen molar-refractivity contribution in [3.05, 3.63) is 58.9 Å². The highest BCUT2D eigenvalue weighted by Gasteiger charge is 2.18. The molecule has 7 heteroatoms. The Bertz CT molecular complexity index is 1030. The number of nitrogens with zero attached hydrogens (tertiary/aromatic N) is 3. The smallest absolute Gasteiger partial charge is 0.262 e. The van der Waals surface area contributed by atoms with E-state index in [4.69, 9.17) is 16.3 Å². The number of amides is 1. The molecular formula is C22H23ClN4O2. The van der Waals surface area contributed by atoms with Gasteiger partial charge in [-0.15, -0.1) is 10.2 Å². The number of anilines is 1. The molecule has 0 bridgehead atoms. The van der Waals surface area contributed by atoms with Gasteiger partial charge in [0.05, 0.1) is 5.02 Å². The Balaban J connectivity index is 1.49. The van der Waals surface area contributed by atoms with Crippen molar-refractivity contribution >= 4 is 23.2 Å². The SMILES string of the molecule is Cc1cccc(OCC(=O)Nc2ccc(Cl)c(-c3nnc4n3CCCCC4)c2)c1. The molecular weight excluding hydrogens is 388 g/mol. The summed E-state index contributed by atoms with van der Waals surface area (Å²) in [7, 11) is 0. The highest BCUT2D eigenvalue weighted by Crippen LogP contribution is 2.31. The van der Waals surface area contributed by atoms with E-state index in [2.05, 4.69) is 20.1 Å². The summed E-state index contributed by atoms with van der Waals surface area (Å²) in [6, 6.07) is 13.0. The number of ether oxygens (including phenoxy) is 1. The first-order chi connectivity index (χ1) is 14.1. The Hall–Kier alpha value is -2.86. The van der Waals surface area contributed by atoms with Crippen LogP contribution < -0.4 is 10.1 Å². The van der Waals surface area contributed by atoms with Crippen LogP contribution in [0.1, 0.15) is 30.7 Å². The zero-order valence-electron chi connectivity index (χ0n) is 16.3. The van der Waals surface area contributed by atoms with Crippen molar-refractivity contribution in [1.29, 1.82) is 0 Å². The van der Waals surface area contributed by atoms with Gasteiger partial charge in [0.15, 0.2) is 12.4 Å². The van der Waals surface area contributed by atoms with E-state index in [-0.39, 0.29) is 12.5 Å². The fourth-order valence-corrected chi connectivity index (χ4v) is 3.71. The lowest BCUT2D eigenvalue weighted by atomic mass is 10.1. The highest BCUT2D eigenvalue weighted by molar-refractivity contribution is 6.33. The first-order valence-electron chi connectivity index (χ1n) is 9.81. The molecule has 1 aliphatic rings. The minimum Gasteiger partial charge on any atom is -0.484 e. The lowest BCUT2D eigenvalue weighted by Crippen LogP contribution is -2.20. The third-order valence-electron chi connectivity index (χ3n) is 4.96. The fourth-order valence-electron chi connectivity index (χ4n) is 3.51. The quantitative estimate of drug-likeness (QED) is 0.664. The number of benzene rings is 2. The molecule has 0 spiro atoms. The molecule has 1 aliphatic heterocycles. The summed E-state index contributed by atoms with van der Waals surface area (Å²) < 4.78 is 7.71. The van der Waals surface area contributed by atoms with Gasteiger partial charge in [-0.2, -0.15) is 0 Å². The summed E-state index contributed by atoms with van der Waals surface area (Å²) in [6.07, 6.45) is 4.34. The molecule has 150 valence electrons. The van der Waals surface area contributed by atoms with Crippen molar-refractivity contribution in [3.63, 3.8) is 0 Å². The van der Waals surface area contributed by atoms with Crippen molar-refractivity contribution < 1.29 is 9.53 Å². The molecule has 0 fully saturated rings. The third-order valence-corrected chi connectivity index (χ3v) is 5.29. The molecule has 2 aromatic carbocycles. The number of fused-ring (bicyclic) bond motifs is 1. The van der Waals surface area contributed by atoms with E-state index in [1.807, 2.05) is 37.3 Å². The van der Waals surface area contributed by atoms with E-state index < -0.39 is 0 Å². The van der Waals surface area contributed by atoms with E-state index in [1.165, 1.54) is 6.42 Å². The number of aryl methyl sites for hydroxylation is 2. The van der Waals surface area contributed by atoms with Gasteiger partial charge in [0, 0.05) is 24.2 Å². The monoisotopic (exact) mass is 410 g/mol. The van der Waals surface area contributed by atoms with Gasteiger partial charge in [0.2, 0.25) is 0 Å². The lowest BCUT2D eigenvalue weighted by Gasteiger charge is -2.11. The van der Waals surface area contributed by atoms with Crippen LogP contribution in [0.4, 0.5) is 5.69 Å². The summed E-state index contributed by atoms with van der Waals surface area (Å²) in [5.74, 6) is 2.18. The van der Waals surface area contributed by atoms with Crippen molar-refractivity contribution in [1.82, 2.24) is 14.8 Å². The Morgan fingerprint density at radius 3 is 2.93 bits per heavy atom. The standard InChI is InChI=1S/C22H23ClN4O2/c1-15-6-5-7-17(12-15)29-14-21(28)24-16-9-10-19(23)18(13-16)22-26-25-20-8-3-2-4-11-27(20)22/h5-7,9-10,12-13H,2-4,8,11,14H2,1H3,(H,24,28). The molecule has 0 aliphatic carbocycles. The molecule has 1 amide bonds. The number of carbonyl (C=O) groups is 1. The maximum atomic E-state index is 12.3. The van der Waals surface area contributed by atoms with E-state index in [1.54, 1.807) is 12.1 Å². The number of aromatic nitrogens is 3. The van der Waals surface area contributed by atoms with Crippen molar-refractivity contribution in [2.45, 2.75) is 39.2 Å². The Kier molecular flexibility index (Phi) is 5.81. The summed E-state index contributed by atoms with van der Waals surface area (Å²) in [5, 5.41) is 12.2. The van der Waals surface area contributed by atoms with Crippen LogP contribution in [0, 0.1) is 6.92 Å². The van der Waals surface area contributed by atoms with E-state index in [0.29, 0.717) is 16.5 Å². The van der Waals surface area contributed by atoms with Crippen LogP contribution in [0.2, 0.25) is 5.02 Å². The molecule has 0 saturated heterocycles. The number of hydrogen-bond acceptors (Lipinski definition) is 4. The number of rotatable bonds is 5. The van der Waals surface area contributed by atoms with Gasteiger partial charge in [0.25, 0.3) is 5.91 Å². The summed E-state index contributed by atoms with van der Waals surface area (Å²) in [6.45, 7) is 2.80. The van der Waals surface area contributed by atoms with Crippen LogP contribution in [0.15, 0.2) is 42.5 Å². The van der Waals surface area contributed by atoms with Crippen LogP contribution in [-0.2, 0) is 17.8 Å². The predicted molar refractivity (Wildman–Crippen MR) is 113 cm³/mol. The number of nitrogens with one attached hydrogen (secondary N) is 1. The molecule has 1 aromatic heterocycles. The van der Waals surface area contributed by atoms with Crippen molar-refractivity contribution in [3.8, 4) is 17.1 Å². The van der Waals surface area contributed by atoms with Crippen LogP contribution in [0.25, 0.3) is 11.4 Å². The second-order valence-corrected chi connectivity index (χ2v) is 7.66. The summed E-state index contributed by atoms with van der Waals surface area (Å²) >= 11 is 6.45. The van der Waals surface area contributed by atoms with Gasteiger partial charge < -0.3 is 14.6 Å². The van der Waals surface area contributed by atoms with Gasteiger partial charge >= 0.3 is 0 Å². The van der Waals surface area contributed by atoms with Crippen LogP contribution in [-0.4, -0.2) is 27.3 Å². The van der Waals surface area contributed by atoms with Gasteiger partial charge in [-0.05, 0) is 55.7 Å². The molecule has 3 aromatic rings. The Morgan fingerprint density at radius 2 is 2.07 bits per heavy atom. The topological polar surface area (TPSA) is 69.0 Å². The Labute approximate surface area is 174 Å². The predicted octanol–water partition coefficient (Wildman–Crippen LogP) is 4.65. The minimum atomic E-state index is -0.236. The normalized spacial score (nSPS) is 13.4. The van der Waals surface area contributed by atoms with Crippen LogP contribution >= 0.6 is 11.6 Å². The number of halogens is 1. The zero-order chi connectivity index (χ0) is 20.2. The number of hydrogen-bond donors (Lipinski definition) is 1. The second-order valence-electron chi connectivity index (χ2n) is 7.25. The summed E-state index contributed by atoms with van der Waals surface area (Å²) in [5.41, 5.74) is 2.50. The molecule has 0 saturated carbocycles. The highest BCUT2D eigenvalue weighted by atomic mass is 35.5. The van der Waals surface area contributed by atoms with Crippen LogP contribution in [0.3, 0.4) is 0 Å². The Morgan fingerprint density at radius 1 is 1.17 bits per heavy atom. The van der Waals surface area contributed by atoms with E-state index in [9.17, 15) is 4.79 Å². The van der Waals surface area contributed by atoms with E-state index >= 15 is 0 Å². The number of carbonyl (C=O) groups excluding carboxylic acids is 1. The molecule has 4 rings (SSSR count). The molecule has 6 nitrogen and oxygen atoms in total. The second kappa shape index (κ2) is 8.66. The lowest BCUT2D eigenvalue weighted by molar-refractivity contribution is -0.118. The molecule has 0 radical (unpaired) electrons. The molecule has 29 heavy (non-hydrogen) atoms. The third kappa shape index (κ3) is 4.59. The van der Waals surface area contributed by atoms with E-state index in [0.717, 1.165) is 48.6 Å². The minimum absolute atomic E-state index is 0.0677. The van der Waals surface area contributed by atoms with Gasteiger partial charge in [0.1, 0.15) is 11.6 Å². The average molecular weight is 411 g/mol. The van der Waals surface area contributed by atoms with Crippen molar-refractivity contribution in [2.75, 3.05) is 11.9 Å². The zero-order valence-corrected chi connectivity index (χ0v) is 17.1. The first-order valence-corrected chi connectivity index (χ1v) is 10.2. The molecule has 1 N–H and O–H groups in total. The molecule has 0 unspecified atom stereocenters. The molecule has 2 heterocycles. The maximum absolute atomic E-state index is 12.3. The van der Waals surface area contributed by atoms with Gasteiger partial charge in [-0.25, -0.2) is 0 Å². The molecule has 0 atom stereocenters. The van der Waals surface area contributed by atoms with Crippen LogP contribution in [0.5, 0.6) is 5.75 Å². The fraction of sp³-hybridized carbons (Fsp3) is 0.318. The van der Waals surface area contributed by atoms with Crippen molar-refractivity contribution in [2.24, 2.45) is 0 Å². The largest absolute Gasteiger partial charge is 0.484 e. The summed E-state index contributed by atoms with van der Waals surface area (Å²) in [4.78, 5) is 12.3. The average Bonchev–Trinajstić information content (AvgIpc) is 2.95. The first kappa shape index (κ1) is 19.5.